The van der Waals surface area contributed by atoms with Gasteiger partial charge in [-0.3, -0.25) is 4.79 Å². The van der Waals surface area contributed by atoms with Crippen LogP contribution in [-0.4, -0.2) is 62.0 Å². The molecule has 0 aromatic heterocycles. The van der Waals surface area contributed by atoms with Gasteiger partial charge in [0.05, 0.1) is 0 Å². The van der Waals surface area contributed by atoms with Crippen LogP contribution in [-0.2, 0) is 4.79 Å². The van der Waals surface area contributed by atoms with Gasteiger partial charge < -0.3 is 15.1 Å². The van der Waals surface area contributed by atoms with Crippen LogP contribution >= 0.6 is 0 Å². The van der Waals surface area contributed by atoms with Crippen LogP contribution < -0.4 is 5.32 Å². The summed E-state index contributed by atoms with van der Waals surface area (Å²) in [6.07, 6.45) is 1.84. The Morgan fingerprint density at radius 1 is 1.47 bits per heavy atom. The van der Waals surface area contributed by atoms with Crippen molar-refractivity contribution in [2.75, 3.05) is 40.3 Å². The molecule has 0 spiro atoms. The number of nitrogens with one attached hydrogen (secondary N) is 1. The largest absolute Gasteiger partial charge is 0.349 e. The summed E-state index contributed by atoms with van der Waals surface area (Å²) in [4.78, 5) is 15.6. The second-order valence-electron chi connectivity index (χ2n) is 5.27. The van der Waals surface area contributed by atoms with E-state index in [4.69, 9.17) is 0 Å². The lowest BCUT2D eigenvalue weighted by atomic mass is 9.93. The highest BCUT2D eigenvalue weighted by atomic mass is 16.2. The van der Waals surface area contributed by atoms with Crippen molar-refractivity contribution in [3.8, 4) is 0 Å². The first-order valence-corrected chi connectivity index (χ1v) is 6.70. The molecule has 0 bridgehead atoms. The van der Waals surface area contributed by atoms with Gasteiger partial charge >= 0.3 is 0 Å². The molecule has 1 aliphatic rings. The second-order valence-corrected chi connectivity index (χ2v) is 5.27. The normalized spacial score (nSPS) is 25.9. The summed E-state index contributed by atoms with van der Waals surface area (Å²) in [6, 6.07) is 0.654. The van der Waals surface area contributed by atoms with Crippen LogP contribution in [0.4, 0.5) is 0 Å². The van der Waals surface area contributed by atoms with Crippen LogP contribution in [0, 0.1) is 5.92 Å². The topological polar surface area (TPSA) is 35.6 Å². The van der Waals surface area contributed by atoms with E-state index in [0.717, 1.165) is 26.2 Å². The molecule has 1 N–H and O–H groups in total. The summed E-state index contributed by atoms with van der Waals surface area (Å²) in [5, 5.41) is 3.54. The van der Waals surface area contributed by atoms with Crippen LogP contribution in [0.2, 0.25) is 0 Å². The first kappa shape index (κ1) is 14.5. The van der Waals surface area contributed by atoms with Crippen molar-refractivity contribution in [2.24, 2.45) is 5.92 Å². The average Bonchev–Trinajstić information content (AvgIpc) is 2.29. The predicted molar refractivity (Wildman–Crippen MR) is 71.0 cm³/mol. The zero-order valence-corrected chi connectivity index (χ0v) is 11.7. The van der Waals surface area contributed by atoms with E-state index in [0.29, 0.717) is 18.4 Å². The Morgan fingerprint density at radius 3 is 2.71 bits per heavy atom. The summed E-state index contributed by atoms with van der Waals surface area (Å²) in [7, 11) is 3.64. The van der Waals surface area contributed by atoms with Crippen molar-refractivity contribution in [3.05, 3.63) is 0 Å². The third kappa shape index (κ3) is 4.64. The first-order chi connectivity index (χ1) is 8.04. The third-order valence-corrected chi connectivity index (χ3v) is 3.60. The maximum Gasteiger partial charge on any atom is 0.223 e. The van der Waals surface area contributed by atoms with Gasteiger partial charge in [0, 0.05) is 39.6 Å². The van der Waals surface area contributed by atoms with Gasteiger partial charge in [-0.25, -0.2) is 0 Å². The van der Waals surface area contributed by atoms with Crippen molar-refractivity contribution in [3.63, 3.8) is 0 Å². The van der Waals surface area contributed by atoms with E-state index in [1.807, 2.05) is 14.1 Å². The van der Waals surface area contributed by atoms with Crippen molar-refractivity contribution in [1.82, 2.24) is 15.1 Å². The van der Waals surface area contributed by atoms with Crippen LogP contribution in [0.25, 0.3) is 0 Å². The van der Waals surface area contributed by atoms with Crippen molar-refractivity contribution < 1.29 is 4.79 Å². The molecule has 1 amide bonds. The minimum atomic E-state index is 0.228. The molecule has 1 heterocycles. The summed E-state index contributed by atoms with van der Waals surface area (Å²) in [5.74, 6) is 0.907. The summed E-state index contributed by atoms with van der Waals surface area (Å²) < 4.78 is 0. The van der Waals surface area contributed by atoms with Crippen molar-refractivity contribution in [2.45, 2.75) is 32.7 Å². The average molecular weight is 241 g/mol. The van der Waals surface area contributed by atoms with Gasteiger partial charge in [0.25, 0.3) is 0 Å². The van der Waals surface area contributed by atoms with Gasteiger partial charge in [0.1, 0.15) is 0 Å². The Labute approximate surface area is 105 Å². The fourth-order valence-corrected chi connectivity index (χ4v) is 2.48. The Balaban J connectivity index is 2.27. The number of likely N-dealkylation sites (tertiary alicyclic amines) is 1. The molecular weight excluding hydrogens is 214 g/mol. The molecular formula is C13H27N3O. The second kappa shape index (κ2) is 6.97. The van der Waals surface area contributed by atoms with Crippen LogP contribution in [0.5, 0.6) is 0 Å². The first-order valence-electron chi connectivity index (χ1n) is 6.70. The molecule has 1 saturated heterocycles. The molecule has 4 nitrogen and oxygen atoms in total. The zero-order chi connectivity index (χ0) is 12.8. The number of piperidine rings is 1. The highest BCUT2D eigenvalue weighted by Gasteiger charge is 2.25. The van der Waals surface area contributed by atoms with E-state index in [-0.39, 0.29) is 5.91 Å². The maximum absolute atomic E-state index is 11.5. The number of amides is 1. The van der Waals surface area contributed by atoms with E-state index >= 15 is 0 Å². The van der Waals surface area contributed by atoms with Crippen molar-refractivity contribution in [1.29, 1.82) is 0 Å². The van der Waals surface area contributed by atoms with Gasteiger partial charge in [0.15, 0.2) is 0 Å². The fourth-order valence-electron chi connectivity index (χ4n) is 2.48. The smallest absolute Gasteiger partial charge is 0.223 e. The van der Waals surface area contributed by atoms with E-state index in [9.17, 15) is 4.79 Å². The maximum atomic E-state index is 11.5. The highest BCUT2D eigenvalue weighted by Crippen LogP contribution is 2.16. The predicted octanol–water partition coefficient (Wildman–Crippen LogP) is 0.785. The number of hydrogen-bond acceptors (Lipinski definition) is 3. The molecule has 0 aliphatic carbocycles. The van der Waals surface area contributed by atoms with Gasteiger partial charge in [-0.15, -0.1) is 0 Å². The molecule has 100 valence electrons. The van der Waals surface area contributed by atoms with Crippen LogP contribution in [0.3, 0.4) is 0 Å². The molecule has 1 rings (SSSR count). The molecule has 0 radical (unpaired) electrons. The lowest BCUT2D eigenvalue weighted by molar-refractivity contribution is -0.129. The Hall–Kier alpha value is -0.610. The summed E-state index contributed by atoms with van der Waals surface area (Å²) in [6.45, 7) is 8.64. The monoisotopic (exact) mass is 241 g/mol. The van der Waals surface area contributed by atoms with Gasteiger partial charge in [-0.1, -0.05) is 13.8 Å². The lowest BCUT2D eigenvalue weighted by Crippen LogP contribution is -2.48. The molecule has 0 aromatic carbocycles. The van der Waals surface area contributed by atoms with Gasteiger partial charge in [-0.05, 0) is 25.4 Å². The molecule has 1 fully saturated rings. The van der Waals surface area contributed by atoms with Gasteiger partial charge in [-0.2, -0.15) is 0 Å². The quantitative estimate of drug-likeness (QED) is 0.773. The minimum absolute atomic E-state index is 0.228. The standard InChI is InChI=1S/C13H27N3O/c1-5-14-12-6-8-16(10-11(12)2)9-7-13(17)15(3)4/h11-12,14H,5-10H2,1-4H3. The Morgan fingerprint density at radius 2 is 2.18 bits per heavy atom. The molecule has 2 unspecified atom stereocenters. The minimum Gasteiger partial charge on any atom is -0.349 e. The number of hydrogen-bond donors (Lipinski definition) is 1. The van der Waals surface area contributed by atoms with E-state index < -0.39 is 0 Å². The van der Waals surface area contributed by atoms with E-state index in [1.165, 1.54) is 6.42 Å². The SMILES string of the molecule is CCNC1CCN(CCC(=O)N(C)C)CC1C. The number of rotatable bonds is 5. The number of carbonyl (C=O) groups is 1. The van der Waals surface area contributed by atoms with Crippen LogP contribution in [0.15, 0.2) is 0 Å². The van der Waals surface area contributed by atoms with E-state index in [2.05, 4.69) is 24.1 Å². The third-order valence-electron chi connectivity index (χ3n) is 3.60. The Bertz CT molecular complexity index is 243. The Kier molecular flexibility index (Phi) is 5.92. The van der Waals surface area contributed by atoms with Gasteiger partial charge in [0.2, 0.25) is 5.91 Å². The molecule has 17 heavy (non-hydrogen) atoms. The molecule has 0 saturated carbocycles. The molecule has 4 heteroatoms. The lowest BCUT2D eigenvalue weighted by Gasteiger charge is -2.37. The number of carbonyl (C=O) groups excluding carboxylic acids is 1. The van der Waals surface area contributed by atoms with E-state index in [1.54, 1.807) is 4.90 Å². The summed E-state index contributed by atoms with van der Waals surface area (Å²) in [5.41, 5.74) is 0. The highest BCUT2D eigenvalue weighted by molar-refractivity contribution is 5.75. The molecule has 1 aliphatic heterocycles. The molecule has 2 atom stereocenters. The molecule has 0 aromatic rings. The van der Waals surface area contributed by atoms with Crippen molar-refractivity contribution >= 4 is 5.91 Å². The zero-order valence-electron chi connectivity index (χ0n) is 11.7. The summed E-state index contributed by atoms with van der Waals surface area (Å²) >= 11 is 0. The number of nitrogens with zero attached hydrogens (tertiary/aromatic N) is 2. The van der Waals surface area contributed by atoms with Crippen LogP contribution in [0.1, 0.15) is 26.7 Å². The fraction of sp³-hybridized carbons (Fsp3) is 0.923.